The number of aliphatic carboxylic acids is 1. The van der Waals surface area contributed by atoms with Crippen molar-refractivity contribution in [2.45, 2.75) is 26.7 Å². The molecule has 1 unspecified atom stereocenters. The van der Waals surface area contributed by atoms with E-state index in [9.17, 15) is 9.90 Å². The van der Waals surface area contributed by atoms with E-state index in [1.54, 1.807) is 0 Å². The van der Waals surface area contributed by atoms with Crippen LogP contribution in [0, 0.1) is 19.8 Å². The minimum atomic E-state index is -0.728. The van der Waals surface area contributed by atoms with Gasteiger partial charge in [0.2, 0.25) is 0 Å². The van der Waals surface area contributed by atoms with Gasteiger partial charge in [0, 0.05) is 0 Å². The Balaban J connectivity index is 2.15. The average molecular weight is 268 g/mol. The Bertz CT molecular complexity index is 588. The molecule has 0 amide bonds. The molecule has 0 saturated carbocycles. The maximum Gasteiger partial charge on any atom is 0.307 e. The highest BCUT2D eigenvalue weighted by atomic mass is 16.4. The minimum Gasteiger partial charge on any atom is -0.481 e. The van der Waals surface area contributed by atoms with Crippen molar-refractivity contribution in [1.82, 2.24) is 0 Å². The summed E-state index contributed by atoms with van der Waals surface area (Å²) < 4.78 is 0. The van der Waals surface area contributed by atoms with E-state index in [-0.39, 0.29) is 5.92 Å². The van der Waals surface area contributed by atoms with Gasteiger partial charge in [0.15, 0.2) is 0 Å². The first-order chi connectivity index (χ1) is 9.56. The number of carboxylic acids is 1. The van der Waals surface area contributed by atoms with E-state index in [0.29, 0.717) is 12.8 Å². The summed E-state index contributed by atoms with van der Waals surface area (Å²) in [5.74, 6) is -1.10. The summed E-state index contributed by atoms with van der Waals surface area (Å²) in [5, 5.41) is 9.44. The Hall–Kier alpha value is -2.09. The first-order valence-corrected chi connectivity index (χ1v) is 6.89. The van der Waals surface area contributed by atoms with Gasteiger partial charge < -0.3 is 5.11 Å². The van der Waals surface area contributed by atoms with E-state index >= 15 is 0 Å². The molecular formula is C18H20O2. The van der Waals surface area contributed by atoms with Gasteiger partial charge in [-0.05, 0) is 43.4 Å². The maximum absolute atomic E-state index is 11.5. The molecule has 0 heterocycles. The fourth-order valence-electron chi connectivity index (χ4n) is 2.49. The van der Waals surface area contributed by atoms with Crippen LogP contribution in [0.2, 0.25) is 0 Å². The summed E-state index contributed by atoms with van der Waals surface area (Å²) >= 11 is 0. The van der Waals surface area contributed by atoms with Crippen LogP contribution in [0.5, 0.6) is 0 Å². The molecule has 2 aromatic carbocycles. The Morgan fingerprint density at radius 2 is 1.75 bits per heavy atom. The smallest absolute Gasteiger partial charge is 0.307 e. The Morgan fingerprint density at radius 1 is 1.05 bits per heavy atom. The third-order valence-electron chi connectivity index (χ3n) is 3.64. The molecule has 20 heavy (non-hydrogen) atoms. The summed E-state index contributed by atoms with van der Waals surface area (Å²) in [5.41, 5.74) is 4.58. The molecule has 0 fully saturated rings. The Labute approximate surface area is 120 Å². The van der Waals surface area contributed by atoms with Gasteiger partial charge in [-0.15, -0.1) is 0 Å². The molecule has 104 valence electrons. The zero-order valence-corrected chi connectivity index (χ0v) is 12.0. The van der Waals surface area contributed by atoms with Crippen molar-refractivity contribution in [3.05, 3.63) is 70.8 Å². The van der Waals surface area contributed by atoms with Crippen molar-refractivity contribution in [3.8, 4) is 0 Å². The van der Waals surface area contributed by atoms with Gasteiger partial charge >= 0.3 is 5.97 Å². The number of carboxylic acid groups (broad SMARTS) is 1. The normalized spacial score (nSPS) is 12.1. The van der Waals surface area contributed by atoms with Crippen LogP contribution in [0.4, 0.5) is 0 Å². The monoisotopic (exact) mass is 268 g/mol. The average Bonchev–Trinajstić information content (AvgIpc) is 2.42. The highest BCUT2D eigenvalue weighted by molar-refractivity contribution is 5.71. The number of rotatable bonds is 5. The molecular weight excluding hydrogens is 248 g/mol. The molecule has 0 radical (unpaired) electrons. The molecule has 0 aromatic heterocycles. The zero-order valence-electron chi connectivity index (χ0n) is 12.0. The van der Waals surface area contributed by atoms with Crippen LogP contribution in [-0.4, -0.2) is 11.1 Å². The number of carbonyl (C=O) groups is 1. The topological polar surface area (TPSA) is 37.3 Å². The number of hydrogen-bond donors (Lipinski definition) is 1. The lowest BCUT2D eigenvalue weighted by Gasteiger charge is -2.14. The molecule has 0 saturated heterocycles. The van der Waals surface area contributed by atoms with E-state index in [2.05, 4.69) is 13.0 Å². The van der Waals surface area contributed by atoms with E-state index in [0.717, 1.165) is 11.1 Å². The standard InChI is InChI=1S/C18H20O2/c1-13-8-9-16(14(2)10-13)12-17(18(19)20)11-15-6-4-3-5-7-15/h3-10,17H,11-12H2,1-2H3,(H,19,20). The van der Waals surface area contributed by atoms with Crippen LogP contribution in [0.3, 0.4) is 0 Å². The molecule has 2 heteroatoms. The molecule has 1 atom stereocenters. The van der Waals surface area contributed by atoms with Crippen molar-refractivity contribution in [3.63, 3.8) is 0 Å². The molecule has 2 aromatic rings. The quantitative estimate of drug-likeness (QED) is 0.895. The van der Waals surface area contributed by atoms with E-state index in [1.807, 2.05) is 49.4 Å². The Morgan fingerprint density at radius 3 is 2.35 bits per heavy atom. The SMILES string of the molecule is Cc1ccc(CC(Cc2ccccc2)C(=O)O)c(C)c1. The number of aryl methyl sites for hydroxylation is 2. The fourth-order valence-corrected chi connectivity index (χ4v) is 2.49. The van der Waals surface area contributed by atoms with E-state index in [4.69, 9.17) is 0 Å². The minimum absolute atomic E-state index is 0.376. The van der Waals surface area contributed by atoms with Gasteiger partial charge in [0.25, 0.3) is 0 Å². The predicted octanol–water partition coefficient (Wildman–Crippen LogP) is 3.79. The van der Waals surface area contributed by atoms with E-state index in [1.165, 1.54) is 11.1 Å². The third kappa shape index (κ3) is 3.70. The van der Waals surface area contributed by atoms with E-state index < -0.39 is 5.97 Å². The van der Waals surface area contributed by atoms with Crippen LogP contribution in [0.25, 0.3) is 0 Å². The second-order valence-electron chi connectivity index (χ2n) is 5.36. The molecule has 0 spiro atoms. The van der Waals surface area contributed by atoms with Crippen LogP contribution in [-0.2, 0) is 17.6 Å². The summed E-state index contributed by atoms with van der Waals surface area (Å²) in [6.45, 7) is 4.10. The highest BCUT2D eigenvalue weighted by Crippen LogP contribution is 2.19. The maximum atomic E-state index is 11.5. The van der Waals surface area contributed by atoms with Crippen molar-refractivity contribution < 1.29 is 9.90 Å². The molecule has 0 aliphatic rings. The van der Waals surface area contributed by atoms with Gasteiger partial charge in [-0.2, -0.15) is 0 Å². The largest absolute Gasteiger partial charge is 0.481 e. The van der Waals surface area contributed by atoms with Crippen molar-refractivity contribution in [2.75, 3.05) is 0 Å². The van der Waals surface area contributed by atoms with Crippen LogP contribution in [0.15, 0.2) is 48.5 Å². The zero-order chi connectivity index (χ0) is 14.5. The lowest BCUT2D eigenvalue weighted by molar-refractivity contribution is -0.141. The van der Waals surface area contributed by atoms with Crippen molar-refractivity contribution in [2.24, 2.45) is 5.92 Å². The van der Waals surface area contributed by atoms with Gasteiger partial charge in [-0.25, -0.2) is 0 Å². The number of hydrogen-bond acceptors (Lipinski definition) is 1. The molecule has 0 aliphatic heterocycles. The molecule has 2 rings (SSSR count). The summed E-state index contributed by atoms with van der Waals surface area (Å²) in [6, 6.07) is 16.0. The van der Waals surface area contributed by atoms with Crippen molar-refractivity contribution in [1.29, 1.82) is 0 Å². The van der Waals surface area contributed by atoms with Crippen LogP contribution in [0.1, 0.15) is 22.3 Å². The molecule has 2 nitrogen and oxygen atoms in total. The van der Waals surface area contributed by atoms with Gasteiger partial charge in [-0.3, -0.25) is 4.79 Å². The predicted molar refractivity (Wildman–Crippen MR) is 80.9 cm³/mol. The molecule has 0 aliphatic carbocycles. The van der Waals surface area contributed by atoms with Crippen LogP contribution < -0.4 is 0 Å². The van der Waals surface area contributed by atoms with Crippen LogP contribution >= 0.6 is 0 Å². The second kappa shape index (κ2) is 6.38. The van der Waals surface area contributed by atoms with Crippen molar-refractivity contribution >= 4 is 5.97 Å². The third-order valence-corrected chi connectivity index (χ3v) is 3.64. The first-order valence-electron chi connectivity index (χ1n) is 6.89. The first kappa shape index (κ1) is 14.3. The lowest BCUT2D eigenvalue weighted by atomic mass is 9.90. The Kier molecular flexibility index (Phi) is 4.57. The van der Waals surface area contributed by atoms with Gasteiger partial charge in [0.1, 0.15) is 0 Å². The summed E-state index contributed by atoms with van der Waals surface area (Å²) in [7, 11) is 0. The summed E-state index contributed by atoms with van der Waals surface area (Å²) in [4.78, 5) is 11.5. The fraction of sp³-hybridized carbons (Fsp3) is 0.278. The number of benzene rings is 2. The summed E-state index contributed by atoms with van der Waals surface area (Å²) in [6.07, 6.45) is 1.15. The van der Waals surface area contributed by atoms with Gasteiger partial charge in [-0.1, -0.05) is 54.1 Å². The van der Waals surface area contributed by atoms with Gasteiger partial charge in [0.05, 0.1) is 5.92 Å². The highest BCUT2D eigenvalue weighted by Gasteiger charge is 2.19. The second-order valence-corrected chi connectivity index (χ2v) is 5.36. The molecule has 0 bridgehead atoms. The molecule has 1 N–H and O–H groups in total. The lowest BCUT2D eigenvalue weighted by Crippen LogP contribution is -2.19.